The Kier molecular flexibility index (Phi) is 2.20. The molecule has 0 aromatic carbocycles. The maximum absolute atomic E-state index is 2.49. The molecule has 1 aromatic rings. The number of thiophene rings is 1. The highest BCUT2D eigenvalue weighted by Gasteiger charge is 2.29. The molecule has 2 rings (SSSR count). The summed E-state index contributed by atoms with van der Waals surface area (Å²) in [7, 11) is 2.24. The fourth-order valence-electron chi connectivity index (χ4n) is 1.53. The molecule has 0 bridgehead atoms. The highest BCUT2D eigenvalue weighted by Crippen LogP contribution is 2.33. The van der Waals surface area contributed by atoms with Crippen LogP contribution in [0.3, 0.4) is 0 Å². The second-order valence-corrected chi connectivity index (χ2v) is 4.57. The van der Waals surface area contributed by atoms with E-state index in [1.165, 1.54) is 17.7 Å². The van der Waals surface area contributed by atoms with Gasteiger partial charge in [-0.3, -0.25) is 4.90 Å². The molecule has 1 nitrogen and oxygen atoms in total. The first kappa shape index (κ1) is 8.27. The van der Waals surface area contributed by atoms with Crippen molar-refractivity contribution in [2.75, 3.05) is 7.05 Å². The molecule has 1 aromatic heterocycles. The second kappa shape index (κ2) is 3.19. The van der Waals surface area contributed by atoms with Crippen LogP contribution in [0.2, 0.25) is 0 Å². The average Bonchev–Trinajstić information content (AvgIpc) is 2.79. The van der Waals surface area contributed by atoms with Crippen molar-refractivity contribution in [1.29, 1.82) is 0 Å². The van der Waals surface area contributed by atoms with E-state index in [0.29, 0.717) is 6.04 Å². The molecule has 0 radical (unpaired) electrons. The molecule has 0 spiro atoms. The molecule has 0 amide bonds. The van der Waals surface area contributed by atoms with Crippen LogP contribution in [0.1, 0.15) is 30.7 Å². The normalized spacial score (nSPS) is 19.9. The van der Waals surface area contributed by atoms with Crippen molar-refractivity contribution < 1.29 is 0 Å². The van der Waals surface area contributed by atoms with Crippen LogP contribution in [0.25, 0.3) is 0 Å². The van der Waals surface area contributed by atoms with E-state index in [0.717, 1.165) is 6.04 Å². The van der Waals surface area contributed by atoms with Crippen molar-refractivity contribution in [2.45, 2.75) is 31.8 Å². The number of nitrogens with zero attached hydrogens (tertiary/aromatic N) is 1. The lowest BCUT2D eigenvalue weighted by atomic mass is 10.2. The molecular formula is C10H15NS. The summed E-state index contributed by atoms with van der Waals surface area (Å²) < 4.78 is 0. The van der Waals surface area contributed by atoms with Gasteiger partial charge in [0.25, 0.3) is 0 Å². The van der Waals surface area contributed by atoms with Crippen molar-refractivity contribution in [3.63, 3.8) is 0 Å². The van der Waals surface area contributed by atoms with Gasteiger partial charge in [0.05, 0.1) is 0 Å². The minimum absolute atomic E-state index is 0.609. The van der Waals surface area contributed by atoms with Gasteiger partial charge in [-0.15, -0.1) is 11.3 Å². The Morgan fingerprint density at radius 3 is 2.83 bits per heavy atom. The van der Waals surface area contributed by atoms with Gasteiger partial charge in [-0.2, -0.15) is 0 Å². The van der Waals surface area contributed by atoms with Gasteiger partial charge in [-0.05, 0) is 38.3 Å². The Hall–Kier alpha value is -0.340. The maximum atomic E-state index is 2.49. The van der Waals surface area contributed by atoms with E-state index in [1.807, 2.05) is 11.3 Å². The largest absolute Gasteiger partial charge is 0.296 e. The van der Waals surface area contributed by atoms with E-state index >= 15 is 0 Å². The minimum atomic E-state index is 0.609. The van der Waals surface area contributed by atoms with Crippen LogP contribution in [0.4, 0.5) is 0 Å². The molecule has 0 aliphatic heterocycles. The zero-order chi connectivity index (χ0) is 8.55. The molecule has 1 atom stereocenters. The molecule has 2 heteroatoms. The lowest BCUT2D eigenvalue weighted by Crippen LogP contribution is -2.23. The number of hydrogen-bond acceptors (Lipinski definition) is 2. The second-order valence-electron chi connectivity index (χ2n) is 3.59. The number of rotatable bonds is 3. The van der Waals surface area contributed by atoms with E-state index in [4.69, 9.17) is 0 Å². The molecule has 1 fully saturated rings. The third-order valence-electron chi connectivity index (χ3n) is 2.69. The van der Waals surface area contributed by atoms with Gasteiger partial charge in [0, 0.05) is 17.0 Å². The molecule has 12 heavy (non-hydrogen) atoms. The Labute approximate surface area is 78.0 Å². The van der Waals surface area contributed by atoms with Crippen LogP contribution in [0.15, 0.2) is 17.5 Å². The van der Waals surface area contributed by atoms with Gasteiger partial charge in [0.1, 0.15) is 0 Å². The van der Waals surface area contributed by atoms with Crippen molar-refractivity contribution in [3.05, 3.63) is 22.4 Å². The molecular weight excluding hydrogens is 166 g/mol. The van der Waals surface area contributed by atoms with Crippen LogP contribution in [-0.2, 0) is 0 Å². The monoisotopic (exact) mass is 181 g/mol. The lowest BCUT2D eigenvalue weighted by molar-refractivity contribution is 0.254. The van der Waals surface area contributed by atoms with Crippen LogP contribution in [0.5, 0.6) is 0 Å². The van der Waals surface area contributed by atoms with Crippen molar-refractivity contribution >= 4 is 11.3 Å². The molecule has 0 saturated heterocycles. The van der Waals surface area contributed by atoms with Crippen LogP contribution in [0, 0.1) is 0 Å². The van der Waals surface area contributed by atoms with Crippen LogP contribution >= 0.6 is 11.3 Å². The van der Waals surface area contributed by atoms with Gasteiger partial charge in [-0.25, -0.2) is 0 Å². The Morgan fingerprint density at radius 1 is 1.58 bits per heavy atom. The molecule has 66 valence electrons. The molecule has 1 unspecified atom stereocenters. The zero-order valence-electron chi connectivity index (χ0n) is 7.66. The fraction of sp³-hybridized carbons (Fsp3) is 0.600. The number of hydrogen-bond donors (Lipinski definition) is 0. The van der Waals surface area contributed by atoms with Crippen molar-refractivity contribution in [3.8, 4) is 0 Å². The highest BCUT2D eigenvalue weighted by atomic mass is 32.1. The predicted octanol–water partition coefficient (Wildman–Crippen LogP) is 2.90. The highest BCUT2D eigenvalue weighted by molar-refractivity contribution is 7.10. The Morgan fingerprint density at radius 2 is 2.33 bits per heavy atom. The SMILES string of the molecule is CC(c1cccs1)N(C)C1CC1. The predicted molar refractivity (Wildman–Crippen MR) is 53.5 cm³/mol. The summed E-state index contributed by atoms with van der Waals surface area (Å²) in [6.07, 6.45) is 2.79. The Bertz CT molecular complexity index is 238. The van der Waals surface area contributed by atoms with Gasteiger partial charge in [0.2, 0.25) is 0 Å². The third-order valence-corrected chi connectivity index (χ3v) is 3.73. The Balaban J connectivity index is 2.03. The third kappa shape index (κ3) is 1.54. The minimum Gasteiger partial charge on any atom is -0.296 e. The van der Waals surface area contributed by atoms with Crippen LogP contribution < -0.4 is 0 Å². The van der Waals surface area contributed by atoms with Gasteiger partial charge < -0.3 is 0 Å². The van der Waals surface area contributed by atoms with Gasteiger partial charge in [0.15, 0.2) is 0 Å². The van der Waals surface area contributed by atoms with E-state index in [1.54, 1.807) is 0 Å². The molecule has 1 saturated carbocycles. The van der Waals surface area contributed by atoms with Crippen molar-refractivity contribution in [1.82, 2.24) is 4.90 Å². The molecule has 1 aliphatic carbocycles. The molecule has 1 heterocycles. The topological polar surface area (TPSA) is 3.24 Å². The van der Waals surface area contributed by atoms with Crippen molar-refractivity contribution in [2.24, 2.45) is 0 Å². The lowest BCUT2D eigenvalue weighted by Gasteiger charge is -2.23. The average molecular weight is 181 g/mol. The van der Waals surface area contributed by atoms with E-state index in [-0.39, 0.29) is 0 Å². The summed E-state index contributed by atoms with van der Waals surface area (Å²) in [5, 5.41) is 2.16. The van der Waals surface area contributed by atoms with E-state index < -0.39 is 0 Å². The zero-order valence-corrected chi connectivity index (χ0v) is 8.47. The smallest absolute Gasteiger partial charge is 0.0413 e. The summed E-state index contributed by atoms with van der Waals surface area (Å²) >= 11 is 1.86. The molecule has 0 N–H and O–H groups in total. The summed E-state index contributed by atoms with van der Waals surface area (Å²) in [5.41, 5.74) is 0. The van der Waals surface area contributed by atoms with E-state index in [2.05, 4.69) is 36.4 Å². The van der Waals surface area contributed by atoms with Gasteiger partial charge in [-0.1, -0.05) is 6.07 Å². The standard InChI is InChI=1S/C10H15NS/c1-8(10-4-3-7-12-10)11(2)9-5-6-9/h3-4,7-9H,5-6H2,1-2H3. The maximum Gasteiger partial charge on any atom is 0.0413 e. The van der Waals surface area contributed by atoms with Crippen LogP contribution in [-0.4, -0.2) is 18.0 Å². The fourth-order valence-corrected chi connectivity index (χ4v) is 2.36. The summed E-state index contributed by atoms with van der Waals surface area (Å²) in [6, 6.07) is 5.84. The first-order valence-electron chi connectivity index (χ1n) is 4.54. The first-order chi connectivity index (χ1) is 5.79. The molecule has 1 aliphatic rings. The summed E-state index contributed by atoms with van der Waals surface area (Å²) in [6.45, 7) is 2.30. The quantitative estimate of drug-likeness (QED) is 0.693. The summed E-state index contributed by atoms with van der Waals surface area (Å²) in [5.74, 6) is 0. The van der Waals surface area contributed by atoms with E-state index in [9.17, 15) is 0 Å². The summed E-state index contributed by atoms with van der Waals surface area (Å²) in [4.78, 5) is 3.98. The van der Waals surface area contributed by atoms with Gasteiger partial charge >= 0.3 is 0 Å². The first-order valence-corrected chi connectivity index (χ1v) is 5.42.